The zero-order valence-corrected chi connectivity index (χ0v) is 16.0. The van der Waals surface area contributed by atoms with Crippen LogP contribution in [0.3, 0.4) is 0 Å². The van der Waals surface area contributed by atoms with Gasteiger partial charge in [0.05, 0.1) is 18.8 Å². The summed E-state index contributed by atoms with van der Waals surface area (Å²) in [6.45, 7) is 6.57. The van der Waals surface area contributed by atoms with Gasteiger partial charge in [-0.15, -0.1) is 0 Å². The molecule has 6 nitrogen and oxygen atoms in total. The second-order valence-corrected chi connectivity index (χ2v) is 6.98. The highest BCUT2D eigenvalue weighted by Crippen LogP contribution is 2.27. The average Bonchev–Trinajstić information content (AvgIpc) is 2.69. The first kappa shape index (κ1) is 18.3. The maximum absolute atomic E-state index is 13.1. The van der Waals surface area contributed by atoms with Crippen LogP contribution in [-0.2, 0) is 4.74 Å². The summed E-state index contributed by atoms with van der Waals surface area (Å²) in [6.07, 6.45) is 0. The van der Waals surface area contributed by atoms with Crippen molar-refractivity contribution in [2.45, 2.75) is 13.8 Å². The molecule has 4 rings (SSSR count). The molecule has 0 radical (unpaired) electrons. The van der Waals surface area contributed by atoms with Gasteiger partial charge in [-0.2, -0.15) is 0 Å². The number of ether oxygens (including phenoxy) is 1. The van der Waals surface area contributed by atoms with Crippen molar-refractivity contribution >= 4 is 28.3 Å². The summed E-state index contributed by atoms with van der Waals surface area (Å²) in [5.41, 5.74) is 4.03. The van der Waals surface area contributed by atoms with Crippen LogP contribution in [0.1, 0.15) is 21.5 Å². The second-order valence-electron chi connectivity index (χ2n) is 6.98. The van der Waals surface area contributed by atoms with Crippen LogP contribution >= 0.6 is 0 Å². The van der Waals surface area contributed by atoms with Gasteiger partial charge >= 0.3 is 5.63 Å². The van der Waals surface area contributed by atoms with Crippen LogP contribution < -0.4 is 15.8 Å². The molecule has 0 saturated carbocycles. The number of anilines is 2. The lowest BCUT2D eigenvalue weighted by Gasteiger charge is -2.30. The molecule has 1 fully saturated rings. The van der Waals surface area contributed by atoms with E-state index in [2.05, 4.69) is 10.2 Å². The number of rotatable bonds is 3. The van der Waals surface area contributed by atoms with Gasteiger partial charge in [0.15, 0.2) is 0 Å². The van der Waals surface area contributed by atoms with E-state index in [1.165, 1.54) is 6.07 Å². The standard InChI is InChI=1S/C22H22N2O4/c1-14-12-21(25)28-20-11-15(2)18(13-17(14)20)23-22(26)16-5-3-4-6-19(16)24-7-9-27-10-8-24/h3-6,11-13H,7-10H2,1-2H3,(H,23,26). The molecule has 1 aliphatic heterocycles. The molecular formula is C22H22N2O4. The Kier molecular flexibility index (Phi) is 4.88. The summed E-state index contributed by atoms with van der Waals surface area (Å²) >= 11 is 0. The average molecular weight is 378 g/mol. The van der Waals surface area contributed by atoms with Crippen LogP contribution in [0.25, 0.3) is 11.0 Å². The summed E-state index contributed by atoms with van der Waals surface area (Å²) in [6, 6.07) is 12.7. The van der Waals surface area contributed by atoms with Crippen LogP contribution in [0.15, 0.2) is 51.7 Å². The van der Waals surface area contributed by atoms with Crippen molar-refractivity contribution in [1.29, 1.82) is 0 Å². The fraction of sp³-hybridized carbons (Fsp3) is 0.273. The molecule has 1 aromatic heterocycles. The normalized spacial score (nSPS) is 14.3. The van der Waals surface area contributed by atoms with Gasteiger partial charge in [0.2, 0.25) is 0 Å². The van der Waals surface area contributed by atoms with E-state index in [4.69, 9.17) is 9.15 Å². The lowest BCUT2D eigenvalue weighted by molar-refractivity contribution is 0.102. The minimum absolute atomic E-state index is 0.167. The number of hydrogen-bond donors (Lipinski definition) is 1. The minimum atomic E-state index is -0.374. The molecule has 1 saturated heterocycles. The Hall–Kier alpha value is -3.12. The number of carbonyl (C=O) groups is 1. The Morgan fingerprint density at radius 2 is 1.79 bits per heavy atom. The van der Waals surface area contributed by atoms with Gasteiger partial charge in [0, 0.05) is 35.9 Å². The molecule has 0 atom stereocenters. The quantitative estimate of drug-likeness (QED) is 0.707. The molecule has 2 heterocycles. The molecule has 0 spiro atoms. The first-order valence-corrected chi connectivity index (χ1v) is 9.31. The third-order valence-electron chi connectivity index (χ3n) is 5.04. The van der Waals surface area contributed by atoms with Gasteiger partial charge in [-0.25, -0.2) is 4.79 Å². The van der Waals surface area contributed by atoms with Crippen molar-refractivity contribution in [1.82, 2.24) is 0 Å². The predicted molar refractivity (Wildman–Crippen MR) is 109 cm³/mol. The van der Waals surface area contributed by atoms with Crippen LogP contribution in [0.5, 0.6) is 0 Å². The Morgan fingerprint density at radius 1 is 1.04 bits per heavy atom. The van der Waals surface area contributed by atoms with E-state index in [0.717, 1.165) is 35.3 Å². The predicted octanol–water partition coefficient (Wildman–Crippen LogP) is 3.50. The SMILES string of the molecule is Cc1cc2oc(=O)cc(C)c2cc1NC(=O)c1ccccc1N1CCOCC1. The smallest absolute Gasteiger partial charge is 0.336 e. The van der Waals surface area contributed by atoms with Gasteiger partial charge in [-0.1, -0.05) is 12.1 Å². The number of amides is 1. The minimum Gasteiger partial charge on any atom is -0.423 e. The summed E-state index contributed by atoms with van der Waals surface area (Å²) in [5, 5.41) is 3.83. The van der Waals surface area contributed by atoms with E-state index in [0.29, 0.717) is 30.0 Å². The molecule has 2 aromatic carbocycles. The van der Waals surface area contributed by atoms with Crippen LogP contribution in [-0.4, -0.2) is 32.2 Å². The second kappa shape index (κ2) is 7.48. The van der Waals surface area contributed by atoms with E-state index in [-0.39, 0.29) is 11.5 Å². The van der Waals surface area contributed by atoms with E-state index in [1.807, 2.05) is 44.2 Å². The Labute approximate surface area is 162 Å². The van der Waals surface area contributed by atoms with Crippen molar-refractivity contribution in [3.8, 4) is 0 Å². The fourth-order valence-electron chi connectivity index (χ4n) is 3.54. The number of nitrogens with zero attached hydrogens (tertiary/aromatic N) is 1. The van der Waals surface area contributed by atoms with Crippen LogP contribution in [0, 0.1) is 13.8 Å². The summed E-state index contributed by atoms with van der Waals surface area (Å²) in [5.74, 6) is -0.167. The van der Waals surface area contributed by atoms with Crippen molar-refractivity contribution in [3.05, 3.63) is 69.6 Å². The number of morpholine rings is 1. The Balaban J connectivity index is 1.68. The van der Waals surface area contributed by atoms with E-state index < -0.39 is 0 Å². The van der Waals surface area contributed by atoms with Crippen molar-refractivity contribution in [2.24, 2.45) is 0 Å². The zero-order valence-electron chi connectivity index (χ0n) is 16.0. The lowest BCUT2D eigenvalue weighted by atomic mass is 10.1. The largest absolute Gasteiger partial charge is 0.423 e. The molecule has 1 aliphatic rings. The summed E-state index contributed by atoms with van der Waals surface area (Å²) in [4.78, 5) is 26.8. The van der Waals surface area contributed by atoms with E-state index in [1.54, 1.807) is 6.07 Å². The molecule has 0 bridgehead atoms. The highest BCUT2D eigenvalue weighted by molar-refractivity contribution is 6.09. The van der Waals surface area contributed by atoms with Crippen molar-refractivity contribution in [2.75, 3.05) is 36.5 Å². The lowest BCUT2D eigenvalue weighted by Crippen LogP contribution is -2.37. The van der Waals surface area contributed by atoms with E-state index >= 15 is 0 Å². The topological polar surface area (TPSA) is 71.8 Å². The number of carbonyl (C=O) groups excluding carboxylic acids is 1. The van der Waals surface area contributed by atoms with Crippen LogP contribution in [0.4, 0.5) is 11.4 Å². The maximum atomic E-state index is 13.1. The molecule has 0 aliphatic carbocycles. The number of fused-ring (bicyclic) bond motifs is 1. The first-order valence-electron chi connectivity index (χ1n) is 9.31. The number of aryl methyl sites for hydroxylation is 2. The Morgan fingerprint density at radius 3 is 2.57 bits per heavy atom. The third kappa shape index (κ3) is 3.51. The maximum Gasteiger partial charge on any atom is 0.336 e. The molecule has 28 heavy (non-hydrogen) atoms. The molecule has 6 heteroatoms. The molecular weight excluding hydrogens is 356 g/mol. The van der Waals surface area contributed by atoms with Gasteiger partial charge in [-0.05, 0) is 49.2 Å². The number of hydrogen-bond acceptors (Lipinski definition) is 5. The molecule has 1 N–H and O–H groups in total. The molecule has 0 unspecified atom stereocenters. The third-order valence-corrected chi connectivity index (χ3v) is 5.04. The molecule has 3 aromatic rings. The molecule has 1 amide bonds. The number of benzene rings is 2. The van der Waals surface area contributed by atoms with E-state index in [9.17, 15) is 9.59 Å². The summed E-state index contributed by atoms with van der Waals surface area (Å²) in [7, 11) is 0. The highest BCUT2D eigenvalue weighted by atomic mass is 16.5. The number of para-hydroxylation sites is 1. The first-order chi connectivity index (χ1) is 13.5. The fourth-order valence-corrected chi connectivity index (χ4v) is 3.54. The summed E-state index contributed by atoms with van der Waals surface area (Å²) < 4.78 is 10.7. The van der Waals surface area contributed by atoms with Gasteiger partial charge in [0.1, 0.15) is 5.58 Å². The monoisotopic (exact) mass is 378 g/mol. The van der Waals surface area contributed by atoms with Gasteiger partial charge < -0.3 is 19.4 Å². The van der Waals surface area contributed by atoms with Crippen molar-refractivity contribution < 1.29 is 13.9 Å². The highest BCUT2D eigenvalue weighted by Gasteiger charge is 2.19. The van der Waals surface area contributed by atoms with Gasteiger partial charge in [0.25, 0.3) is 5.91 Å². The number of nitrogens with one attached hydrogen (secondary N) is 1. The van der Waals surface area contributed by atoms with Crippen molar-refractivity contribution in [3.63, 3.8) is 0 Å². The Bertz CT molecular complexity index is 1100. The van der Waals surface area contributed by atoms with Gasteiger partial charge in [-0.3, -0.25) is 4.79 Å². The zero-order chi connectivity index (χ0) is 19.7. The molecule has 144 valence electrons. The van der Waals surface area contributed by atoms with Crippen LogP contribution in [0.2, 0.25) is 0 Å².